The number of carboxylic acids is 1. The fourth-order valence-electron chi connectivity index (χ4n) is 4.20. The van der Waals surface area contributed by atoms with Gasteiger partial charge in [0.15, 0.2) is 0 Å². The lowest BCUT2D eigenvalue weighted by atomic mass is 10.1. The molecule has 9 heteroatoms. The average Bonchev–Trinajstić information content (AvgIpc) is 3.24. The predicted molar refractivity (Wildman–Crippen MR) is 139 cm³/mol. The maximum absolute atomic E-state index is 10.7. The van der Waals surface area contributed by atoms with Crippen molar-refractivity contribution in [2.45, 2.75) is 52.4 Å². The lowest BCUT2D eigenvalue weighted by molar-refractivity contribution is -0.137. The van der Waals surface area contributed by atoms with Gasteiger partial charge in [-0.25, -0.2) is 4.68 Å². The number of aromatic nitrogens is 4. The number of aliphatic carboxylic acids is 1. The Labute approximate surface area is 206 Å². The summed E-state index contributed by atoms with van der Waals surface area (Å²) >= 11 is 5.19. The van der Waals surface area contributed by atoms with Crippen molar-refractivity contribution < 1.29 is 9.90 Å². The molecule has 34 heavy (non-hydrogen) atoms. The second-order valence-electron chi connectivity index (χ2n) is 8.53. The highest BCUT2D eigenvalue weighted by Gasteiger charge is 2.12. The molecule has 1 aromatic heterocycles. The summed E-state index contributed by atoms with van der Waals surface area (Å²) in [7, 11) is 0. The van der Waals surface area contributed by atoms with Crippen LogP contribution in [0.3, 0.4) is 0 Å². The summed E-state index contributed by atoms with van der Waals surface area (Å²) in [6, 6.07) is 14.4. The molecule has 2 aromatic carbocycles. The number of benzene rings is 2. The first-order chi connectivity index (χ1) is 16.5. The van der Waals surface area contributed by atoms with Crippen molar-refractivity contribution in [1.29, 1.82) is 0 Å². The third-order valence-electron chi connectivity index (χ3n) is 5.83. The summed E-state index contributed by atoms with van der Waals surface area (Å²) < 4.78 is 2.06. The summed E-state index contributed by atoms with van der Waals surface area (Å²) in [5.41, 5.74) is 5.80. The van der Waals surface area contributed by atoms with Gasteiger partial charge < -0.3 is 15.3 Å². The van der Waals surface area contributed by atoms with Gasteiger partial charge in [-0.05, 0) is 74.7 Å². The molecule has 3 rings (SSSR count). The van der Waals surface area contributed by atoms with E-state index < -0.39 is 5.97 Å². The number of aromatic amines is 1. The molecule has 0 spiro atoms. The maximum Gasteiger partial charge on any atom is 0.303 e. The number of nitrogens with zero attached hydrogens (tertiary/aromatic N) is 4. The highest BCUT2D eigenvalue weighted by Crippen LogP contribution is 2.25. The summed E-state index contributed by atoms with van der Waals surface area (Å²) in [6.45, 7) is 7.10. The Morgan fingerprint density at radius 2 is 1.76 bits per heavy atom. The molecule has 0 bridgehead atoms. The number of hydrogen-bond donors (Lipinski definition) is 3. The number of carbonyl (C=O) groups is 1. The second-order valence-corrected chi connectivity index (χ2v) is 8.90. The van der Waals surface area contributed by atoms with Gasteiger partial charge >= 0.3 is 5.97 Å². The number of carboxylic acid groups (broad SMARTS) is 1. The van der Waals surface area contributed by atoms with Crippen LogP contribution in [0.4, 0.5) is 11.4 Å². The van der Waals surface area contributed by atoms with Crippen molar-refractivity contribution in [3.8, 4) is 5.69 Å². The van der Waals surface area contributed by atoms with E-state index in [1.807, 2.05) is 24.3 Å². The monoisotopic (exact) mass is 482 g/mol. The fraction of sp³-hybridized carbons (Fsp3) is 0.440. The molecule has 0 aliphatic rings. The third-order valence-corrected chi connectivity index (χ3v) is 6.10. The van der Waals surface area contributed by atoms with Gasteiger partial charge in [-0.2, -0.15) is 5.21 Å². The third kappa shape index (κ3) is 7.41. The van der Waals surface area contributed by atoms with Gasteiger partial charge in [0.2, 0.25) is 4.77 Å². The summed E-state index contributed by atoms with van der Waals surface area (Å²) in [5.74, 6) is -0.709. The van der Waals surface area contributed by atoms with Crippen molar-refractivity contribution >= 4 is 29.6 Å². The van der Waals surface area contributed by atoms with Crippen LogP contribution in [0.2, 0.25) is 0 Å². The van der Waals surface area contributed by atoms with Crippen LogP contribution in [0.15, 0.2) is 42.5 Å². The maximum atomic E-state index is 10.7. The highest BCUT2D eigenvalue weighted by atomic mass is 32.1. The van der Waals surface area contributed by atoms with E-state index in [1.165, 1.54) is 16.8 Å². The normalized spacial score (nSPS) is 10.9. The molecule has 0 aliphatic carbocycles. The Kier molecular flexibility index (Phi) is 9.63. The largest absolute Gasteiger partial charge is 0.481 e. The number of anilines is 2. The van der Waals surface area contributed by atoms with E-state index >= 15 is 0 Å². The van der Waals surface area contributed by atoms with E-state index in [1.54, 1.807) is 4.68 Å². The van der Waals surface area contributed by atoms with Crippen molar-refractivity contribution in [3.05, 3.63) is 58.4 Å². The molecule has 0 fully saturated rings. The number of para-hydroxylation sites is 1. The van der Waals surface area contributed by atoms with Crippen LogP contribution in [0.25, 0.3) is 5.69 Å². The first kappa shape index (κ1) is 25.4. The second kappa shape index (κ2) is 12.9. The summed E-state index contributed by atoms with van der Waals surface area (Å²) in [4.78, 5) is 13.2. The number of nitrogens with one attached hydrogen (secondary N) is 2. The van der Waals surface area contributed by atoms with E-state index in [-0.39, 0.29) is 6.42 Å². The number of H-pyrrole nitrogens is 1. The van der Waals surface area contributed by atoms with Gasteiger partial charge in [0.25, 0.3) is 0 Å². The fourth-order valence-corrected chi connectivity index (χ4v) is 4.38. The SMILES string of the molecule is Cc1cccc(C)c1N(CCCCCCC(=O)O)CCCNc1cccc(-n2[nH]nnc2=S)c1. The molecule has 0 unspecified atom stereocenters. The molecule has 0 atom stereocenters. The lowest BCUT2D eigenvalue weighted by Crippen LogP contribution is -2.28. The quantitative estimate of drug-likeness (QED) is 0.212. The molecule has 3 N–H and O–H groups in total. The number of aryl methyl sites for hydroxylation is 2. The van der Waals surface area contributed by atoms with Crippen LogP contribution in [0.5, 0.6) is 0 Å². The zero-order valence-corrected chi connectivity index (χ0v) is 20.8. The van der Waals surface area contributed by atoms with Gasteiger partial charge in [0.1, 0.15) is 0 Å². The van der Waals surface area contributed by atoms with Crippen LogP contribution in [-0.4, -0.2) is 50.9 Å². The molecule has 0 saturated carbocycles. The van der Waals surface area contributed by atoms with Crippen molar-refractivity contribution in [3.63, 3.8) is 0 Å². The Morgan fingerprint density at radius 3 is 2.47 bits per heavy atom. The first-order valence-corrected chi connectivity index (χ1v) is 12.2. The van der Waals surface area contributed by atoms with Crippen LogP contribution >= 0.6 is 12.2 Å². The van der Waals surface area contributed by atoms with Gasteiger partial charge in [-0.3, -0.25) is 4.79 Å². The molecule has 0 saturated heterocycles. The molecular weight excluding hydrogens is 448 g/mol. The topological polar surface area (TPSA) is 99.1 Å². The van der Waals surface area contributed by atoms with E-state index in [0.717, 1.165) is 63.1 Å². The molecule has 0 radical (unpaired) electrons. The van der Waals surface area contributed by atoms with E-state index in [2.05, 4.69) is 57.8 Å². The van der Waals surface area contributed by atoms with Crippen LogP contribution in [-0.2, 0) is 4.79 Å². The first-order valence-electron chi connectivity index (χ1n) is 11.8. The minimum atomic E-state index is -0.709. The van der Waals surface area contributed by atoms with E-state index in [4.69, 9.17) is 17.3 Å². The summed E-state index contributed by atoms with van der Waals surface area (Å²) in [6.07, 6.45) is 5.06. The number of unbranched alkanes of at least 4 members (excludes halogenated alkanes) is 3. The van der Waals surface area contributed by atoms with Gasteiger partial charge in [0.05, 0.1) is 5.69 Å². The molecule has 1 heterocycles. The van der Waals surface area contributed by atoms with Crippen molar-refractivity contribution in [2.24, 2.45) is 0 Å². The molecule has 8 nitrogen and oxygen atoms in total. The standard InChI is InChI=1S/C25H34N6O2S/c1-19-10-7-11-20(2)24(19)30(16-6-4-3-5-14-23(32)33)17-9-15-26-21-12-8-13-22(18-21)31-25(34)27-28-29-31/h7-8,10-13,18,26H,3-6,9,14-17H2,1-2H3,(H,32,33)(H,27,29,34). The number of hydrogen-bond acceptors (Lipinski definition) is 6. The summed E-state index contributed by atoms with van der Waals surface area (Å²) in [5, 5.41) is 22.7. The zero-order valence-electron chi connectivity index (χ0n) is 20.0. The minimum absolute atomic E-state index is 0.261. The van der Waals surface area contributed by atoms with Gasteiger partial charge in [0, 0.05) is 37.4 Å². The lowest BCUT2D eigenvalue weighted by Gasteiger charge is -2.28. The van der Waals surface area contributed by atoms with E-state index in [9.17, 15) is 4.79 Å². The van der Waals surface area contributed by atoms with Crippen LogP contribution in [0.1, 0.15) is 49.7 Å². The molecule has 182 valence electrons. The molecule has 0 aliphatic heterocycles. The van der Waals surface area contributed by atoms with E-state index in [0.29, 0.717) is 4.77 Å². The van der Waals surface area contributed by atoms with Crippen molar-refractivity contribution in [1.82, 2.24) is 20.2 Å². The molecule has 0 amide bonds. The Balaban J connectivity index is 1.55. The smallest absolute Gasteiger partial charge is 0.303 e. The van der Waals surface area contributed by atoms with Crippen LogP contribution in [0, 0.1) is 18.6 Å². The Bertz CT molecular complexity index is 1110. The Morgan fingerprint density at radius 1 is 1.06 bits per heavy atom. The average molecular weight is 483 g/mol. The predicted octanol–water partition coefficient (Wildman–Crippen LogP) is 5.29. The molecular formula is C25H34N6O2S. The highest BCUT2D eigenvalue weighted by molar-refractivity contribution is 7.71. The Hall–Kier alpha value is -3.20. The number of tetrazole rings is 1. The van der Waals surface area contributed by atoms with Gasteiger partial charge in [-0.1, -0.05) is 47.4 Å². The minimum Gasteiger partial charge on any atom is -0.481 e. The molecule has 3 aromatic rings. The van der Waals surface area contributed by atoms with Crippen LogP contribution < -0.4 is 10.2 Å². The number of rotatable bonds is 14. The zero-order chi connectivity index (χ0) is 24.3. The van der Waals surface area contributed by atoms with Gasteiger partial charge in [-0.15, -0.1) is 0 Å². The van der Waals surface area contributed by atoms with Crippen molar-refractivity contribution in [2.75, 3.05) is 29.9 Å².